The van der Waals surface area contributed by atoms with Gasteiger partial charge in [0.1, 0.15) is 5.82 Å². The van der Waals surface area contributed by atoms with Crippen LogP contribution in [0.2, 0.25) is 0 Å². The predicted molar refractivity (Wildman–Crippen MR) is 109 cm³/mol. The molecule has 1 amide bonds. The van der Waals surface area contributed by atoms with Gasteiger partial charge < -0.3 is 5.11 Å². The molecule has 0 atom stereocenters. The molecule has 3 aromatic rings. The first-order valence-corrected chi connectivity index (χ1v) is 9.25. The van der Waals surface area contributed by atoms with Crippen LogP contribution in [0.15, 0.2) is 42.5 Å². The Morgan fingerprint density at radius 2 is 1.75 bits per heavy atom. The number of hydrogen-bond acceptors (Lipinski definition) is 3. The van der Waals surface area contributed by atoms with Crippen molar-refractivity contribution in [1.82, 2.24) is 9.55 Å². The number of benzene rings is 2. The van der Waals surface area contributed by atoms with E-state index in [0.717, 1.165) is 11.1 Å². The number of amides is 1. The van der Waals surface area contributed by atoms with E-state index in [0.29, 0.717) is 23.6 Å². The molecule has 0 aliphatic rings. The fourth-order valence-electron chi connectivity index (χ4n) is 3.04. The van der Waals surface area contributed by atoms with Gasteiger partial charge in [0.05, 0.1) is 16.6 Å². The van der Waals surface area contributed by atoms with Crippen LogP contribution in [0.5, 0.6) is 0 Å². The van der Waals surface area contributed by atoms with Gasteiger partial charge in [-0.3, -0.25) is 14.7 Å². The van der Waals surface area contributed by atoms with Crippen molar-refractivity contribution in [3.8, 4) is 5.69 Å². The van der Waals surface area contributed by atoms with Gasteiger partial charge >= 0.3 is 0 Å². The standard InChI is InChI=1S/C22H26FN3O2/c1-21(2,3)13-19(27)25-20-24-17-11-6-14(22(4,5)28)12-18(17)26(20)16-9-7-15(23)8-10-16/h6-12,28H,13H2,1-5H3,(H,24,25,27). The van der Waals surface area contributed by atoms with Crippen molar-refractivity contribution in [1.29, 1.82) is 0 Å². The van der Waals surface area contributed by atoms with Crippen LogP contribution >= 0.6 is 0 Å². The summed E-state index contributed by atoms with van der Waals surface area (Å²) in [5, 5.41) is 13.3. The normalized spacial score (nSPS) is 12.4. The molecule has 0 fully saturated rings. The largest absolute Gasteiger partial charge is 0.386 e. The summed E-state index contributed by atoms with van der Waals surface area (Å²) < 4.78 is 15.2. The van der Waals surface area contributed by atoms with Crippen molar-refractivity contribution in [3.05, 3.63) is 53.8 Å². The molecule has 1 aromatic heterocycles. The van der Waals surface area contributed by atoms with Crippen LogP contribution in [0.3, 0.4) is 0 Å². The maximum atomic E-state index is 13.4. The summed E-state index contributed by atoms with van der Waals surface area (Å²) in [6.45, 7) is 9.39. The van der Waals surface area contributed by atoms with Crippen molar-refractivity contribution in [2.75, 3.05) is 5.32 Å². The molecule has 0 spiro atoms. The number of nitrogens with zero attached hydrogens (tertiary/aromatic N) is 2. The van der Waals surface area contributed by atoms with Crippen LogP contribution in [0.4, 0.5) is 10.3 Å². The molecule has 2 aromatic carbocycles. The van der Waals surface area contributed by atoms with Crippen molar-refractivity contribution in [3.63, 3.8) is 0 Å². The van der Waals surface area contributed by atoms with Crippen LogP contribution in [0, 0.1) is 11.2 Å². The van der Waals surface area contributed by atoms with Gasteiger partial charge in [0, 0.05) is 12.1 Å². The van der Waals surface area contributed by atoms with Crippen LogP contribution in [0.1, 0.15) is 46.6 Å². The Morgan fingerprint density at radius 1 is 1.11 bits per heavy atom. The quantitative estimate of drug-likeness (QED) is 0.682. The monoisotopic (exact) mass is 383 g/mol. The van der Waals surface area contributed by atoms with Gasteiger partial charge in [0.25, 0.3) is 0 Å². The fraction of sp³-hybridized carbons (Fsp3) is 0.364. The van der Waals surface area contributed by atoms with Gasteiger partial charge in [-0.05, 0) is 61.2 Å². The van der Waals surface area contributed by atoms with Crippen molar-refractivity contribution in [2.45, 2.75) is 46.6 Å². The molecular weight excluding hydrogens is 357 g/mol. The highest BCUT2D eigenvalue weighted by atomic mass is 19.1. The summed E-state index contributed by atoms with van der Waals surface area (Å²) in [7, 11) is 0. The third kappa shape index (κ3) is 4.39. The van der Waals surface area contributed by atoms with E-state index in [1.807, 2.05) is 39.0 Å². The molecule has 3 rings (SSSR count). The number of hydrogen-bond donors (Lipinski definition) is 2. The highest BCUT2D eigenvalue weighted by Gasteiger charge is 2.22. The van der Waals surface area contributed by atoms with Gasteiger partial charge in [-0.15, -0.1) is 0 Å². The lowest BCUT2D eigenvalue weighted by atomic mass is 9.92. The molecule has 2 N–H and O–H groups in total. The highest BCUT2D eigenvalue weighted by Crippen LogP contribution is 2.30. The van der Waals surface area contributed by atoms with E-state index in [1.54, 1.807) is 30.5 Å². The van der Waals surface area contributed by atoms with Crippen molar-refractivity contribution in [2.24, 2.45) is 5.41 Å². The average Bonchev–Trinajstić information content (AvgIpc) is 2.89. The van der Waals surface area contributed by atoms with E-state index < -0.39 is 5.60 Å². The maximum Gasteiger partial charge on any atom is 0.227 e. The minimum Gasteiger partial charge on any atom is -0.386 e. The highest BCUT2D eigenvalue weighted by molar-refractivity contribution is 5.93. The minimum atomic E-state index is -1.03. The first-order chi connectivity index (χ1) is 12.9. The Kier molecular flexibility index (Phi) is 5.02. The van der Waals surface area contributed by atoms with Gasteiger partial charge in [0.2, 0.25) is 11.9 Å². The van der Waals surface area contributed by atoms with Crippen LogP contribution < -0.4 is 5.32 Å². The average molecular weight is 383 g/mol. The molecule has 6 heteroatoms. The smallest absolute Gasteiger partial charge is 0.227 e. The van der Waals surface area contributed by atoms with Gasteiger partial charge in [-0.25, -0.2) is 9.37 Å². The summed E-state index contributed by atoms with van der Waals surface area (Å²) >= 11 is 0. The van der Waals surface area contributed by atoms with Crippen LogP contribution in [-0.2, 0) is 10.4 Å². The minimum absolute atomic E-state index is 0.145. The molecule has 148 valence electrons. The van der Waals surface area contributed by atoms with Gasteiger partial charge in [-0.1, -0.05) is 26.8 Å². The zero-order chi connectivity index (χ0) is 20.7. The number of carbonyl (C=O) groups is 1. The molecule has 0 aliphatic carbocycles. The molecule has 0 saturated carbocycles. The van der Waals surface area contributed by atoms with Crippen LogP contribution in [0.25, 0.3) is 16.7 Å². The summed E-state index contributed by atoms with van der Waals surface area (Å²) in [4.78, 5) is 17.1. The third-order valence-corrected chi connectivity index (χ3v) is 4.39. The van der Waals surface area contributed by atoms with Gasteiger partial charge in [-0.2, -0.15) is 0 Å². The van der Waals surface area contributed by atoms with Crippen molar-refractivity contribution < 1.29 is 14.3 Å². The van der Waals surface area contributed by atoms with E-state index in [1.165, 1.54) is 12.1 Å². The number of nitrogens with one attached hydrogen (secondary N) is 1. The molecule has 5 nitrogen and oxygen atoms in total. The molecule has 0 saturated heterocycles. The number of rotatable bonds is 4. The number of fused-ring (bicyclic) bond motifs is 1. The number of imidazole rings is 1. The summed E-state index contributed by atoms with van der Waals surface area (Å²) in [5.74, 6) is -0.124. The molecule has 0 aliphatic heterocycles. The molecule has 28 heavy (non-hydrogen) atoms. The van der Waals surface area contributed by atoms with E-state index in [9.17, 15) is 14.3 Å². The second kappa shape index (κ2) is 7.02. The third-order valence-electron chi connectivity index (χ3n) is 4.39. The Labute approximate surface area is 164 Å². The molecule has 0 bridgehead atoms. The van der Waals surface area contributed by atoms with E-state index in [2.05, 4.69) is 10.3 Å². The Bertz CT molecular complexity index is 1010. The van der Waals surface area contributed by atoms with Crippen LogP contribution in [-0.4, -0.2) is 20.6 Å². The lowest BCUT2D eigenvalue weighted by molar-refractivity contribution is -0.117. The zero-order valence-corrected chi connectivity index (χ0v) is 16.9. The topological polar surface area (TPSA) is 67.2 Å². The predicted octanol–water partition coefficient (Wildman–Crippen LogP) is 4.77. The second-order valence-electron chi connectivity index (χ2n) is 8.80. The maximum absolute atomic E-state index is 13.4. The Hall–Kier alpha value is -2.73. The number of anilines is 1. The summed E-state index contributed by atoms with van der Waals surface area (Å²) in [6.07, 6.45) is 0.342. The number of halogens is 1. The Balaban J connectivity index is 2.15. The lowest BCUT2D eigenvalue weighted by Crippen LogP contribution is -2.21. The Morgan fingerprint density at radius 3 is 2.32 bits per heavy atom. The molecule has 1 heterocycles. The number of carbonyl (C=O) groups excluding carboxylic acids is 1. The SMILES string of the molecule is CC(C)(C)CC(=O)Nc1nc2ccc(C(C)(C)O)cc2n1-c1ccc(F)cc1. The first-order valence-electron chi connectivity index (χ1n) is 9.25. The molecule has 0 unspecified atom stereocenters. The zero-order valence-electron chi connectivity index (χ0n) is 16.9. The molecular formula is C22H26FN3O2. The fourth-order valence-corrected chi connectivity index (χ4v) is 3.04. The number of aliphatic hydroxyl groups is 1. The van der Waals surface area contributed by atoms with E-state index in [-0.39, 0.29) is 17.1 Å². The molecule has 0 radical (unpaired) electrons. The second-order valence-corrected chi connectivity index (χ2v) is 8.80. The van der Waals surface area contributed by atoms with E-state index in [4.69, 9.17) is 0 Å². The lowest BCUT2D eigenvalue weighted by Gasteiger charge is -2.19. The first kappa shape index (κ1) is 20.0. The van der Waals surface area contributed by atoms with Gasteiger partial charge in [0.15, 0.2) is 0 Å². The number of aromatic nitrogens is 2. The van der Waals surface area contributed by atoms with E-state index >= 15 is 0 Å². The summed E-state index contributed by atoms with van der Waals surface area (Å²) in [5.41, 5.74) is 1.59. The van der Waals surface area contributed by atoms with Crippen molar-refractivity contribution >= 4 is 22.9 Å². The summed E-state index contributed by atoms with van der Waals surface area (Å²) in [6, 6.07) is 11.4.